The van der Waals surface area contributed by atoms with E-state index in [1.165, 1.54) is 231 Å². The summed E-state index contributed by atoms with van der Waals surface area (Å²) in [6.07, 6.45) is 59.5. The second kappa shape index (κ2) is 70.7. The molecule has 0 heterocycles. The number of aliphatic hydroxyl groups excluding tert-OH is 1. The number of rotatable bonds is 78. The van der Waals surface area contributed by atoms with Gasteiger partial charge in [0, 0.05) is 25.7 Å². The van der Waals surface area contributed by atoms with Crippen molar-refractivity contribution in [3.63, 3.8) is 0 Å². The zero-order valence-electron chi connectivity index (χ0n) is 64.1. The summed E-state index contributed by atoms with van der Waals surface area (Å²) in [5, 5.41) is 10.6. The Bertz CT molecular complexity index is 1890. The van der Waals surface area contributed by atoms with E-state index in [4.69, 9.17) is 37.0 Å². The van der Waals surface area contributed by atoms with Crippen LogP contribution in [0.15, 0.2) is 0 Å². The summed E-state index contributed by atoms with van der Waals surface area (Å²) in [6, 6.07) is 0. The lowest BCUT2D eigenvalue weighted by Gasteiger charge is -2.21. The number of ether oxygens (including phenoxy) is 4. The topological polar surface area (TPSA) is 237 Å². The summed E-state index contributed by atoms with van der Waals surface area (Å²) in [7, 11) is -9.92. The van der Waals surface area contributed by atoms with E-state index in [9.17, 15) is 43.2 Å². The van der Waals surface area contributed by atoms with Crippen LogP contribution in [0.3, 0.4) is 0 Å². The molecule has 0 bridgehead atoms. The van der Waals surface area contributed by atoms with Gasteiger partial charge in [-0.2, -0.15) is 0 Å². The SMILES string of the molecule is CCCCCCCCCCCCCCCCCCC(=O)OC[C@H](COP(=O)(O)OC[C@@H](O)COP(=O)(O)OC[C@@H](COC(=O)CCCCCCCCCCCC(C)C)OC(=O)CCCCCCCCCCCCCCC)OC(=O)CCCCCCCCCCCCCCCCC(C)C. The van der Waals surface area contributed by atoms with Gasteiger partial charge >= 0.3 is 39.5 Å². The minimum Gasteiger partial charge on any atom is -0.462 e. The van der Waals surface area contributed by atoms with Gasteiger partial charge in [-0.3, -0.25) is 37.3 Å². The fraction of sp³-hybridized carbons (Fsp3) is 0.949. The highest BCUT2D eigenvalue weighted by molar-refractivity contribution is 7.47. The normalized spacial score (nSPS) is 13.9. The lowest BCUT2D eigenvalue weighted by molar-refractivity contribution is -0.161. The van der Waals surface area contributed by atoms with Gasteiger partial charge in [-0.05, 0) is 37.5 Å². The number of carbonyl (C=O) groups excluding carboxylic acids is 4. The van der Waals surface area contributed by atoms with Crippen molar-refractivity contribution in [1.29, 1.82) is 0 Å². The Labute approximate surface area is 600 Å². The molecule has 0 fully saturated rings. The zero-order valence-corrected chi connectivity index (χ0v) is 65.9. The van der Waals surface area contributed by atoms with E-state index in [1.807, 2.05) is 0 Å². The third-order valence-corrected chi connectivity index (χ3v) is 20.4. The Morgan fingerprint density at radius 2 is 0.469 bits per heavy atom. The van der Waals surface area contributed by atoms with Crippen molar-refractivity contribution in [3.05, 3.63) is 0 Å². The first-order chi connectivity index (χ1) is 47.4. The standard InChI is InChI=1S/C79H154O17P2/c1-7-9-11-13-15-17-19-21-22-23-28-31-37-43-49-55-61-76(81)89-67-74(95-79(84)64-58-52-46-39-33-29-25-24-27-30-35-41-47-53-59-71(3)4)69-93-97(85,86)91-65-73(80)66-92-98(87,88)94-70-75(68-90-77(82)62-56-50-44-40-34-36-42-48-54-60-72(5)6)96-78(83)63-57-51-45-38-32-26-20-18-16-14-12-10-8-2/h71-75,80H,7-70H2,1-6H3,(H,85,86)(H,87,88)/t73-,74-,75-/m1/s1. The summed E-state index contributed by atoms with van der Waals surface area (Å²) >= 11 is 0. The molecule has 0 saturated carbocycles. The van der Waals surface area contributed by atoms with Crippen LogP contribution in [0.4, 0.5) is 0 Å². The highest BCUT2D eigenvalue weighted by Crippen LogP contribution is 2.45. The highest BCUT2D eigenvalue weighted by Gasteiger charge is 2.30. The van der Waals surface area contributed by atoms with Gasteiger partial charge < -0.3 is 33.8 Å². The smallest absolute Gasteiger partial charge is 0.462 e. The summed E-state index contributed by atoms with van der Waals surface area (Å²) < 4.78 is 68.7. The fourth-order valence-electron chi connectivity index (χ4n) is 12.2. The number of hydrogen-bond acceptors (Lipinski definition) is 15. The Morgan fingerprint density at radius 1 is 0.276 bits per heavy atom. The Hall–Kier alpha value is -1.94. The predicted octanol–water partition coefficient (Wildman–Crippen LogP) is 23.5. The number of carbonyl (C=O) groups is 4. The molecule has 0 saturated heterocycles. The number of aliphatic hydroxyl groups is 1. The second-order valence-electron chi connectivity index (χ2n) is 29.4. The van der Waals surface area contributed by atoms with Crippen molar-refractivity contribution in [2.75, 3.05) is 39.6 Å². The van der Waals surface area contributed by atoms with Gasteiger partial charge in [-0.15, -0.1) is 0 Å². The molecule has 98 heavy (non-hydrogen) atoms. The number of unbranched alkanes of at least 4 members (excludes halogenated alkanes) is 48. The van der Waals surface area contributed by atoms with Crippen LogP contribution in [0.2, 0.25) is 0 Å². The molecule has 0 aliphatic rings. The van der Waals surface area contributed by atoms with Crippen molar-refractivity contribution >= 4 is 39.5 Å². The molecule has 2 unspecified atom stereocenters. The van der Waals surface area contributed by atoms with E-state index in [0.717, 1.165) is 102 Å². The van der Waals surface area contributed by atoms with Crippen LogP contribution in [-0.4, -0.2) is 96.7 Å². The molecule has 0 spiro atoms. The average molecular weight is 1440 g/mol. The molecule has 0 rings (SSSR count). The Morgan fingerprint density at radius 3 is 0.694 bits per heavy atom. The van der Waals surface area contributed by atoms with Gasteiger partial charge in [-0.1, -0.05) is 363 Å². The molecule has 0 aromatic carbocycles. The van der Waals surface area contributed by atoms with E-state index in [1.54, 1.807) is 0 Å². The third kappa shape index (κ3) is 72.4. The largest absolute Gasteiger partial charge is 0.472 e. The number of hydrogen-bond donors (Lipinski definition) is 3. The van der Waals surface area contributed by atoms with Crippen LogP contribution in [0.5, 0.6) is 0 Å². The first-order valence-corrected chi connectivity index (χ1v) is 44.0. The van der Waals surface area contributed by atoms with Gasteiger partial charge in [0.25, 0.3) is 0 Å². The monoisotopic (exact) mass is 1440 g/mol. The maximum Gasteiger partial charge on any atom is 0.472 e. The molecule has 0 radical (unpaired) electrons. The Kier molecular flexibility index (Phi) is 69.3. The molecule has 19 heteroatoms. The van der Waals surface area contributed by atoms with E-state index < -0.39 is 97.5 Å². The quantitative estimate of drug-likeness (QED) is 0.0222. The van der Waals surface area contributed by atoms with Gasteiger partial charge in [-0.25, -0.2) is 9.13 Å². The lowest BCUT2D eigenvalue weighted by Crippen LogP contribution is -2.30. The molecule has 17 nitrogen and oxygen atoms in total. The van der Waals surface area contributed by atoms with Crippen LogP contribution in [0.25, 0.3) is 0 Å². The number of esters is 4. The minimum absolute atomic E-state index is 0.107. The average Bonchev–Trinajstić information content (AvgIpc) is 1.31. The molecular formula is C79H154O17P2. The maximum atomic E-state index is 13.1. The van der Waals surface area contributed by atoms with Gasteiger partial charge in [0.1, 0.15) is 19.3 Å². The maximum absolute atomic E-state index is 13.1. The Balaban J connectivity index is 5.26. The van der Waals surface area contributed by atoms with Crippen molar-refractivity contribution in [1.82, 2.24) is 0 Å². The summed E-state index contributed by atoms with van der Waals surface area (Å²) in [5.74, 6) is -0.570. The number of phosphoric acid groups is 2. The van der Waals surface area contributed by atoms with Crippen LogP contribution >= 0.6 is 15.6 Å². The van der Waals surface area contributed by atoms with E-state index in [2.05, 4.69) is 41.5 Å². The second-order valence-corrected chi connectivity index (χ2v) is 32.3. The molecule has 0 aromatic rings. The third-order valence-electron chi connectivity index (χ3n) is 18.5. The van der Waals surface area contributed by atoms with Crippen LogP contribution in [-0.2, 0) is 65.4 Å². The molecule has 0 aliphatic carbocycles. The first kappa shape index (κ1) is 96.1. The molecular weight excluding hydrogens is 1280 g/mol. The van der Waals surface area contributed by atoms with Crippen LogP contribution in [0.1, 0.15) is 414 Å². The number of phosphoric ester groups is 2. The van der Waals surface area contributed by atoms with Crippen LogP contribution < -0.4 is 0 Å². The summed E-state index contributed by atoms with van der Waals surface area (Å²) in [6.45, 7) is 9.63. The fourth-order valence-corrected chi connectivity index (χ4v) is 13.8. The van der Waals surface area contributed by atoms with Crippen molar-refractivity contribution in [3.8, 4) is 0 Å². The molecule has 0 amide bonds. The van der Waals surface area contributed by atoms with Crippen molar-refractivity contribution in [2.24, 2.45) is 11.8 Å². The van der Waals surface area contributed by atoms with Crippen LogP contribution in [0, 0.1) is 11.8 Å². The summed E-state index contributed by atoms with van der Waals surface area (Å²) in [5.41, 5.74) is 0. The zero-order chi connectivity index (χ0) is 72.1. The molecule has 582 valence electrons. The minimum atomic E-state index is -4.96. The van der Waals surface area contributed by atoms with Gasteiger partial charge in [0.2, 0.25) is 0 Å². The molecule has 3 N–H and O–H groups in total. The molecule has 0 aliphatic heterocycles. The summed E-state index contributed by atoms with van der Waals surface area (Å²) in [4.78, 5) is 73.0. The molecule has 5 atom stereocenters. The van der Waals surface area contributed by atoms with E-state index in [0.29, 0.717) is 25.7 Å². The highest BCUT2D eigenvalue weighted by atomic mass is 31.2. The van der Waals surface area contributed by atoms with Crippen molar-refractivity contribution in [2.45, 2.75) is 432 Å². The van der Waals surface area contributed by atoms with E-state index >= 15 is 0 Å². The first-order valence-electron chi connectivity index (χ1n) is 41.0. The predicted molar refractivity (Wildman–Crippen MR) is 400 cm³/mol. The van der Waals surface area contributed by atoms with Gasteiger partial charge in [0.05, 0.1) is 26.4 Å². The van der Waals surface area contributed by atoms with Gasteiger partial charge in [0.15, 0.2) is 12.2 Å². The molecule has 0 aromatic heterocycles. The van der Waals surface area contributed by atoms with Crippen molar-refractivity contribution < 1.29 is 80.2 Å². The lowest BCUT2D eigenvalue weighted by atomic mass is 10.0. The van der Waals surface area contributed by atoms with E-state index in [-0.39, 0.29) is 25.7 Å².